The third-order valence-electron chi connectivity index (χ3n) is 3.43. The van der Waals surface area contributed by atoms with Crippen LogP contribution < -0.4 is 9.57 Å². The number of nitrogens with zero attached hydrogens (tertiary/aromatic N) is 1. The van der Waals surface area contributed by atoms with Gasteiger partial charge in [-0.2, -0.15) is 0 Å². The van der Waals surface area contributed by atoms with Gasteiger partial charge in [0.1, 0.15) is 17.2 Å². The van der Waals surface area contributed by atoms with E-state index < -0.39 is 10.1 Å². The van der Waals surface area contributed by atoms with Crippen LogP contribution in [0.3, 0.4) is 0 Å². The zero-order chi connectivity index (χ0) is 18.3. The maximum Gasteiger partial charge on any atom is 0.223 e. The smallest absolute Gasteiger partial charge is 0.223 e. The standard InChI is InChI=1S/C12H12NO.C7H8O3S/c1-14-13-9-7-12(8-10-13)11-5-3-2-4-6-11;1-6-2-4-7(5-3-6)11(8,9)10/h2-10H,1H3;2-5H,1H3,(H,8,9,10)/q+1;/p-1. The average Bonchev–Trinajstić information content (AvgIpc) is 2.63. The van der Waals surface area contributed by atoms with Gasteiger partial charge in [0, 0.05) is 16.9 Å². The van der Waals surface area contributed by atoms with Crippen LogP contribution in [0.5, 0.6) is 0 Å². The lowest BCUT2D eigenvalue weighted by Gasteiger charge is -2.05. The van der Waals surface area contributed by atoms with Crippen LogP contribution in [0, 0.1) is 6.92 Å². The van der Waals surface area contributed by atoms with E-state index in [1.807, 2.05) is 49.6 Å². The molecule has 25 heavy (non-hydrogen) atoms. The molecule has 0 aliphatic carbocycles. The largest absolute Gasteiger partial charge is 0.744 e. The summed E-state index contributed by atoms with van der Waals surface area (Å²) in [6.45, 7) is 1.82. The van der Waals surface area contributed by atoms with Crippen molar-refractivity contribution in [3.63, 3.8) is 0 Å². The number of hydrogen-bond acceptors (Lipinski definition) is 4. The Hall–Kier alpha value is -2.70. The van der Waals surface area contributed by atoms with E-state index in [2.05, 4.69) is 12.1 Å². The highest BCUT2D eigenvalue weighted by Crippen LogP contribution is 2.16. The van der Waals surface area contributed by atoms with Crippen molar-refractivity contribution in [1.82, 2.24) is 0 Å². The van der Waals surface area contributed by atoms with Crippen molar-refractivity contribution in [2.45, 2.75) is 11.8 Å². The molecule has 0 atom stereocenters. The Balaban J connectivity index is 0.000000186. The molecule has 0 radical (unpaired) electrons. The summed E-state index contributed by atoms with van der Waals surface area (Å²) < 4.78 is 32.8. The topological polar surface area (TPSA) is 70.3 Å². The van der Waals surface area contributed by atoms with E-state index in [1.165, 1.54) is 23.3 Å². The van der Waals surface area contributed by atoms with Crippen molar-refractivity contribution >= 4 is 10.1 Å². The summed E-state index contributed by atoms with van der Waals surface area (Å²) in [4.78, 5) is 4.84. The molecule has 0 spiro atoms. The minimum Gasteiger partial charge on any atom is -0.744 e. The molecule has 0 unspecified atom stereocenters. The molecular weight excluding hydrogens is 338 g/mol. The van der Waals surface area contributed by atoms with Crippen LogP contribution in [0.4, 0.5) is 0 Å². The van der Waals surface area contributed by atoms with E-state index in [0.29, 0.717) is 0 Å². The second-order valence-corrected chi connectivity index (χ2v) is 6.64. The SMILES string of the molecule is CO[n+]1ccc(-c2ccccc2)cc1.Cc1ccc(S(=O)(=O)[O-])cc1. The molecule has 6 heteroatoms. The summed E-state index contributed by atoms with van der Waals surface area (Å²) in [6, 6.07) is 20.1. The third-order valence-corrected chi connectivity index (χ3v) is 4.28. The van der Waals surface area contributed by atoms with Gasteiger partial charge in [0.05, 0.1) is 4.90 Å². The summed E-state index contributed by atoms with van der Waals surface area (Å²) in [5.41, 5.74) is 3.34. The maximum atomic E-state index is 10.4. The lowest BCUT2D eigenvalue weighted by molar-refractivity contribution is -0.885. The van der Waals surface area contributed by atoms with Gasteiger partial charge in [-0.1, -0.05) is 48.0 Å². The van der Waals surface area contributed by atoms with Gasteiger partial charge in [0.2, 0.25) is 12.4 Å². The van der Waals surface area contributed by atoms with Crippen LogP contribution in [-0.2, 0) is 10.1 Å². The Morgan fingerprint density at radius 1 is 0.840 bits per heavy atom. The minimum atomic E-state index is -4.27. The van der Waals surface area contributed by atoms with Crippen molar-refractivity contribution in [2.24, 2.45) is 0 Å². The molecule has 5 nitrogen and oxygen atoms in total. The Kier molecular flexibility index (Phi) is 6.27. The van der Waals surface area contributed by atoms with Gasteiger partial charge in [0.25, 0.3) is 0 Å². The Morgan fingerprint density at radius 3 is 1.84 bits per heavy atom. The van der Waals surface area contributed by atoms with E-state index >= 15 is 0 Å². The number of rotatable bonds is 3. The molecule has 0 bridgehead atoms. The van der Waals surface area contributed by atoms with Gasteiger partial charge in [-0.15, -0.1) is 0 Å². The van der Waals surface area contributed by atoms with Gasteiger partial charge >= 0.3 is 0 Å². The first-order valence-corrected chi connectivity index (χ1v) is 8.95. The second-order valence-electron chi connectivity index (χ2n) is 5.26. The fourth-order valence-corrected chi connectivity index (χ4v) is 2.53. The fourth-order valence-electron chi connectivity index (χ4n) is 2.06. The first-order valence-electron chi connectivity index (χ1n) is 7.54. The van der Waals surface area contributed by atoms with Crippen molar-refractivity contribution in [1.29, 1.82) is 0 Å². The number of aromatic nitrogens is 1. The molecule has 0 amide bonds. The number of aryl methyl sites for hydroxylation is 1. The quantitative estimate of drug-likeness (QED) is 0.534. The third kappa shape index (κ3) is 5.70. The summed E-state index contributed by atoms with van der Waals surface area (Å²) in [6.07, 6.45) is 3.78. The summed E-state index contributed by atoms with van der Waals surface area (Å²) in [5, 5.41) is 0. The molecule has 1 aromatic heterocycles. The lowest BCUT2D eigenvalue weighted by atomic mass is 10.1. The van der Waals surface area contributed by atoms with E-state index in [1.54, 1.807) is 24.0 Å². The van der Waals surface area contributed by atoms with E-state index in [-0.39, 0.29) is 4.90 Å². The summed E-state index contributed by atoms with van der Waals surface area (Å²) >= 11 is 0. The normalized spacial score (nSPS) is 10.5. The van der Waals surface area contributed by atoms with Crippen molar-refractivity contribution in [3.8, 4) is 11.1 Å². The summed E-state index contributed by atoms with van der Waals surface area (Å²) in [5.74, 6) is 0. The van der Waals surface area contributed by atoms with Gasteiger partial charge in [0.15, 0.2) is 0 Å². The Morgan fingerprint density at radius 2 is 1.36 bits per heavy atom. The molecule has 0 aliphatic rings. The number of pyridine rings is 1. The second kappa shape index (κ2) is 8.41. The van der Waals surface area contributed by atoms with Crippen LogP contribution in [0.25, 0.3) is 11.1 Å². The van der Waals surface area contributed by atoms with Crippen LogP contribution in [0.2, 0.25) is 0 Å². The number of benzene rings is 2. The maximum absolute atomic E-state index is 10.4. The highest BCUT2D eigenvalue weighted by molar-refractivity contribution is 7.85. The Labute approximate surface area is 147 Å². The predicted molar refractivity (Wildman–Crippen MR) is 93.7 cm³/mol. The van der Waals surface area contributed by atoms with Crippen LogP contribution in [-0.4, -0.2) is 20.1 Å². The van der Waals surface area contributed by atoms with Gasteiger partial charge in [-0.05, 0) is 30.2 Å². The molecule has 1 heterocycles. The monoisotopic (exact) mass is 357 g/mol. The first-order chi connectivity index (χ1) is 11.9. The van der Waals surface area contributed by atoms with E-state index in [9.17, 15) is 13.0 Å². The minimum absolute atomic E-state index is 0.178. The van der Waals surface area contributed by atoms with Crippen LogP contribution in [0.15, 0.2) is 84.0 Å². The molecule has 0 fully saturated rings. The van der Waals surface area contributed by atoms with Crippen LogP contribution >= 0.6 is 0 Å². The first kappa shape index (κ1) is 18.6. The molecule has 0 saturated heterocycles. The van der Waals surface area contributed by atoms with Gasteiger partial charge in [-0.3, -0.25) is 4.84 Å². The van der Waals surface area contributed by atoms with Gasteiger partial charge in [-0.25, -0.2) is 8.42 Å². The molecule has 0 N–H and O–H groups in total. The molecule has 0 saturated carbocycles. The van der Waals surface area contributed by atoms with Crippen molar-refractivity contribution < 1.29 is 22.5 Å². The molecule has 130 valence electrons. The molecular formula is C19H19NO4S. The summed E-state index contributed by atoms with van der Waals surface area (Å²) in [7, 11) is -2.63. The number of hydrogen-bond donors (Lipinski definition) is 0. The van der Waals surface area contributed by atoms with Crippen LogP contribution in [0.1, 0.15) is 5.56 Å². The molecule has 3 aromatic rings. The Bertz CT molecular complexity index is 890. The highest BCUT2D eigenvalue weighted by atomic mass is 32.2. The molecule has 0 aliphatic heterocycles. The molecule has 3 rings (SSSR count). The van der Waals surface area contributed by atoms with Crippen molar-refractivity contribution in [3.05, 3.63) is 84.7 Å². The molecule has 2 aromatic carbocycles. The van der Waals surface area contributed by atoms with E-state index in [4.69, 9.17) is 4.84 Å². The predicted octanol–water partition coefficient (Wildman–Crippen LogP) is 2.60. The fraction of sp³-hybridized carbons (Fsp3) is 0.105. The van der Waals surface area contributed by atoms with Gasteiger partial charge < -0.3 is 4.55 Å². The van der Waals surface area contributed by atoms with E-state index in [0.717, 1.165) is 5.56 Å². The van der Waals surface area contributed by atoms with Crippen molar-refractivity contribution in [2.75, 3.05) is 7.11 Å². The highest BCUT2D eigenvalue weighted by Gasteiger charge is 2.00. The average molecular weight is 357 g/mol. The zero-order valence-electron chi connectivity index (χ0n) is 14.0. The lowest BCUT2D eigenvalue weighted by Crippen LogP contribution is -2.39. The zero-order valence-corrected chi connectivity index (χ0v) is 14.8.